The molecule has 0 spiro atoms. The first-order chi connectivity index (χ1) is 10.5. The van der Waals surface area contributed by atoms with Gasteiger partial charge in [0, 0.05) is 11.1 Å². The van der Waals surface area contributed by atoms with Crippen molar-refractivity contribution < 1.29 is 9.59 Å². The highest BCUT2D eigenvalue weighted by Crippen LogP contribution is 2.07. The average Bonchev–Trinajstić information content (AvgIpc) is 2.57. The molecule has 0 heterocycles. The first kappa shape index (κ1) is 17.2. The number of benzene rings is 1. The molecule has 0 bridgehead atoms. The maximum absolute atomic E-state index is 12.1. The summed E-state index contributed by atoms with van der Waals surface area (Å²) in [4.78, 5) is 24.2. The molecule has 0 radical (unpaired) electrons. The summed E-state index contributed by atoms with van der Waals surface area (Å²) in [6.07, 6.45) is 6.28. The van der Waals surface area contributed by atoms with Crippen molar-refractivity contribution in [1.29, 1.82) is 0 Å². The maximum Gasteiger partial charge on any atom is 0.252 e. The molecule has 0 aliphatic heterocycles. The van der Waals surface area contributed by atoms with E-state index >= 15 is 0 Å². The second kappa shape index (κ2) is 8.42. The van der Waals surface area contributed by atoms with Crippen molar-refractivity contribution in [3.8, 4) is 0 Å². The van der Waals surface area contributed by atoms with Crippen LogP contribution in [-0.2, 0) is 0 Å². The van der Waals surface area contributed by atoms with Crippen LogP contribution in [0.3, 0.4) is 0 Å². The van der Waals surface area contributed by atoms with E-state index in [2.05, 4.69) is 36.9 Å². The summed E-state index contributed by atoms with van der Waals surface area (Å²) in [6, 6.07) is 5.79. The molecule has 1 rings (SSSR count). The van der Waals surface area contributed by atoms with Crippen LogP contribution in [0.5, 0.6) is 0 Å². The SMILES string of the molecule is C=CC(C=C)NC(=O)c1cccc(C(=O)NC(C=C)C=C)c1. The van der Waals surface area contributed by atoms with Gasteiger partial charge in [0.15, 0.2) is 0 Å². The van der Waals surface area contributed by atoms with Crippen molar-refractivity contribution in [3.05, 3.63) is 86.0 Å². The zero-order chi connectivity index (χ0) is 16.5. The van der Waals surface area contributed by atoms with Gasteiger partial charge in [0.2, 0.25) is 0 Å². The van der Waals surface area contributed by atoms with Gasteiger partial charge in [-0.3, -0.25) is 9.59 Å². The maximum atomic E-state index is 12.1. The Hall–Kier alpha value is -2.88. The van der Waals surface area contributed by atoms with Gasteiger partial charge >= 0.3 is 0 Å². The minimum atomic E-state index is -0.323. The standard InChI is InChI=1S/C18H20N2O2/c1-5-15(6-2)19-17(21)13-10-9-11-14(12-13)18(22)20-16(7-3)8-4/h5-12,15-16H,1-4H2,(H,19,21)(H,20,22). The second-order valence-corrected chi connectivity index (χ2v) is 4.52. The molecule has 2 amide bonds. The molecule has 1 aromatic carbocycles. The largest absolute Gasteiger partial charge is 0.342 e. The van der Waals surface area contributed by atoms with Gasteiger partial charge in [-0.25, -0.2) is 0 Å². The van der Waals surface area contributed by atoms with Crippen LogP contribution in [0.15, 0.2) is 74.9 Å². The fraction of sp³-hybridized carbons (Fsp3) is 0.111. The van der Waals surface area contributed by atoms with Crippen molar-refractivity contribution in [2.75, 3.05) is 0 Å². The first-order valence-electron chi connectivity index (χ1n) is 6.77. The number of carbonyl (C=O) groups is 2. The van der Waals surface area contributed by atoms with Gasteiger partial charge in [-0.2, -0.15) is 0 Å². The van der Waals surface area contributed by atoms with Gasteiger partial charge in [0.25, 0.3) is 11.8 Å². The van der Waals surface area contributed by atoms with Crippen LogP contribution in [0.1, 0.15) is 20.7 Å². The van der Waals surface area contributed by atoms with E-state index in [9.17, 15) is 9.59 Å². The van der Waals surface area contributed by atoms with Crippen molar-refractivity contribution in [2.24, 2.45) is 0 Å². The van der Waals surface area contributed by atoms with E-state index in [0.717, 1.165) is 0 Å². The van der Waals surface area contributed by atoms with Crippen LogP contribution >= 0.6 is 0 Å². The number of carbonyl (C=O) groups excluding carboxylic acids is 2. The highest BCUT2D eigenvalue weighted by molar-refractivity contribution is 6.00. The van der Waals surface area contributed by atoms with Gasteiger partial charge in [-0.1, -0.05) is 30.4 Å². The van der Waals surface area contributed by atoms with Gasteiger partial charge in [0.05, 0.1) is 12.1 Å². The van der Waals surface area contributed by atoms with Crippen LogP contribution < -0.4 is 10.6 Å². The molecule has 2 N–H and O–H groups in total. The summed E-state index contributed by atoms with van der Waals surface area (Å²) in [6.45, 7) is 14.4. The Labute approximate surface area is 130 Å². The second-order valence-electron chi connectivity index (χ2n) is 4.52. The Morgan fingerprint density at radius 1 is 0.818 bits per heavy atom. The number of rotatable bonds is 8. The molecule has 0 aromatic heterocycles. The van der Waals surface area contributed by atoms with Gasteiger partial charge in [-0.15, -0.1) is 26.3 Å². The molecule has 0 fully saturated rings. The molecule has 0 saturated heterocycles. The first-order valence-corrected chi connectivity index (χ1v) is 6.77. The van der Waals surface area contributed by atoms with E-state index in [4.69, 9.17) is 0 Å². The Morgan fingerprint density at radius 3 is 1.50 bits per heavy atom. The Bertz CT molecular complexity index is 540. The lowest BCUT2D eigenvalue weighted by atomic mass is 10.1. The minimum absolute atomic E-state index is 0.302. The van der Waals surface area contributed by atoms with E-state index in [0.29, 0.717) is 11.1 Å². The highest BCUT2D eigenvalue weighted by Gasteiger charge is 2.13. The van der Waals surface area contributed by atoms with E-state index in [-0.39, 0.29) is 23.9 Å². The van der Waals surface area contributed by atoms with E-state index in [1.807, 2.05) is 0 Å². The zero-order valence-electron chi connectivity index (χ0n) is 12.4. The number of hydrogen-bond acceptors (Lipinski definition) is 2. The molecule has 22 heavy (non-hydrogen) atoms. The number of nitrogens with one attached hydrogen (secondary N) is 2. The molecule has 0 aliphatic rings. The lowest BCUT2D eigenvalue weighted by Crippen LogP contribution is -2.33. The van der Waals surface area contributed by atoms with Crippen molar-refractivity contribution in [1.82, 2.24) is 10.6 Å². The summed E-state index contributed by atoms with van der Waals surface area (Å²) in [5.41, 5.74) is 0.769. The van der Waals surface area contributed by atoms with Crippen molar-refractivity contribution in [3.63, 3.8) is 0 Å². The van der Waals surface area contributed by atoms with E-state index < -0.39 is 0 Å². The lowest BCUT2D eigenvalue weighted by molar-refractivity contribution is 0.0949. The number of amides is 2. The quantitative estimate of drug-likeness (QED) is 0.725. The summed E-state index contributed by atoms with van der Waals surface area (Å²) in [5.74, 6) is -0.605. The molecule has 0 unspecified atom stereocenters. The Kier molecular flexibility index (Phi) is 6.57. The summed E-state index contributed by atoms with van der Waals surface area (Å²) in [5, 5.41) is 5.45. The van der Waals surface area contributed by atoms with E-state index in [1.165, 1.54) is 6.07 Å². The molecule has 0 saturated carbocycles. The summed E-state index contributed by atoms with van der Waals surface area (Å²) >= 11 is 0. The van der Waals surface area contributed by atoms with Crippen LogP contribution in [0.4, 0.5) is 0 Å². The Morgan fingerprint density at radius 2 is 1.18 bits per heavy atom. The summed E-state index contributed by atoms with van der Waals surface area (Å²) < 4.78 is 0. The molecule has 0 aliphatic carbocycles. The molecular weight excluding hydrogens is 276 g/mol. The minimum Gasteiger partial charge on any atom is -0.342 e. The topological polar surface area (TPSA) is 58.2 Å². The van der Waals surface area contributed by atoms with Crippen molar-refractivity contribution in [2.45, 2.75) is 12.1 Å². The molecule has 114 valence electrons. The third-order valence-electron chi connectivity index (χ3n) is 3.00. The molecule has 4 heteroatoms. The molecule has 4 nitrogen and oxygen atoms in total. The smallest absolute Gasteiger partial charge is 0.252 e. The molecular formula is C18H20N2O2. The van der Waals surface area contributed by atoms with Gasteiger partial charge in [0.1, 0.15) is 0 Å². The van der Waals surface area contributed by atoms with Gasteiger partial charge < -0.3 is 10.6 Å². The molecule has 0 atom stereocenters. The highest BCUT2D eigenvalue weighted by atomic mass is 16.2. The summed E-state index contributed by atoms with van der Waals surface area (Å²) in [7, 11) is 0. The van der Waals surface area contributed by atoms with Crippen LogP contribution in [-0.4, -0.2) is 23.9 Å². The third-order valence-corrected chi connectivity index (χ3v) is 3.00. The zero-order valence-corrected chi connectivity index (χ0v) is 12.4. The average molecular weight is 296 g/mol. The lowest BCUT2D eigenvalue weighted by Gasteiger charge is -2.12. The molecule has 1 aromatic rings. The Balaban J connectivity index is 2.89. The van der Waals surface area contributed by atoms with Crippen LogP contribution in [0.2, 0.25) is 0 Å². The van der Waals surface area contributed by atoms with Crippen molar-refractivity contribution >= 4 is 11.8 Å². The predicted molar refractivity (Wildman–Crippen MR) is 89.7 cm³/mol. The predicted octanol–water partition coefficient (Wildman–Crippen LogP) is 2.63. The third kappa shape index (κ3) is 4.59. The number of hydrogen-bond donors (Lipinski definition) is 2. The van der Waals surface area contributed by atoms with E-state index in [1.54, 1.807) is 42.5 Å². The normalized spacial score (nSPS) is 9.91. The van der Waals surface area contributed by atoms with Crippen LogP contribution in [0.25, 0.3) is 0 Å². The van der Waals surface area contributed by atoms with Gasteiger partial charge in [-0.05, 0) is 18.2 Å². The van der Waals surface area contributed by atoms with Crippen LogP contribution in [0, 0.1) is 0 Å². The fourth-order valence-electron chi connectivity index (χ4n) is 1.70. The monoisotopic (exact) mass is 296 g/mol. The fourth-order valence-corrected chi connectivity index (χ4v) is 1.70.